The van der Waals surface area contributed by atoms with E-state index in [2.05, 4.69) is 29.6 Å². The molecule has 2 rings (SSSR count). The maximum Gasteiger partial charge on any atom is 0.338 e. The lowest BCUT2D eigenvalue weighted by molar-refractivity contribution is -0.125. The molecule has 2 aromatic rings. The number of anilines is 1. The van der Waals surface area contributed by atoms with Crippen molar-refractivity contribution in [3.8, 4) is 0 Å². The number of hydrogen-bond acceptors (Lipinski definition) is 5. The van der Waals surface area contributed by atoms with Crippen LogP contribution in [0.15, 0.2) is 54.6 Å². The molecule has 7 nitrogen and oxygen atoms in total. The number of rotatable bonds is 7. The van der Waals surface area contributed by atoms with Crippen molar-refractivity contribution in [3.63, 3.8) is 0 Å². The molecule has 0 saturated heterocycles. The first-order valence-corrected chi connectivity index (χ1v) is 8.71. The summed E-state index contributed by atoms with van der Waals surface area (Å²) in [6.07, 6.45) is 0. The van der Waals surface area contributed by atoms with Gasteiger partial charge in [0.1, 0.15) is 0 Å². The average Bonchev–Trinajstić information content (AvgIpc) is 2.72. The summed E-state index contributed by atoms with van der Waals surface area (Å²) in [6, 6.07) is 15.4. The molecule has 7 heteroatoms. The monoisotopic (exact) mass is 369 g/mol. The third kappa shape index (κ3) is 5.85. The van der Waals surface area contributed by atoms with Gasteiger partial charge in [0.15, 0.2) is 6.61 Å². The standard InChI is InChI=1S/C20H23N3O4/c1-3-23(4-2)17-12-10-16(11-13-17)20(26)27-14-18(24)21-22-19(25)15-8-6-5-7-9-15/h5-13H,3-4,14H2,1-2H3,(H,21,24)(H,22,25). The molecule has 0 fully saturated rings. The average molecular weight is 369 g/mol. The zero-order chi connectivity index (χ0) is 19.6. The summed E-state index contributed by atoms with van der Waals surface area (Å²) in [5, 5.41) is 0. The van der Waals surface area contributed by atoms with E-state index in [1.165, 1.54) is 0 Å². The molecule has 0 unspecified atom stereocenters. The van der Waals surface area contributed by atoms with Crippen LogP contribution < -0.4 is 15.8 Å². The first kappa shape index (κ1) is 20.0. The number of carbonyl (C=O) groups excluding carboxylic acids is 3. The number of esters is 1. The Morgan fingerprint density at radius 2 is 1.48 bits per heavy atom. The maximum atomic E-state index is 12.0. The van der Waals surface area contributed by atoms with Crippen LogP contribution in [0.4, 0.5) is 5.69 Å². The Hall–Kier alpha value is -3.35. The highest BCUT2D eigenvalue weighted by atomic mass is 16.5. The summed E-state index contributed by atoms with van der Waals surface area (Å²) in [6.45, 7) is 5.36. The van der Waals surface area contributed by atoms with Crippen molar-refractivity contribution in [2.45, 2.75) is 13.8 Å². The Bertz CT molecular complexity index is 772. The molecule has 0 heterocycles. The molecule has 0 atom stereocenters. The fourth-order valence-electron chi connectivity index (χ4n) is 2.44. The zero-order valence-corrected chi connectivity index (χ0v) is 15.4. The second kappa shape index (κ2) is 9.96. The summed E-state index contributed by atoms with van der Waals surface area (Å²) in [4.78, 5) is 37.7. The van der Waals surface area contributed by atoms with Crippen LogP contribution >= 0.6 is 0 Å². The van der Waals surface area contributed by atoms with Crippen LogP contribution in [0.3, 0.4) is 0 Å². The molecular weight excluding hydrogens is 346 g/mol. The van der Waals surface area contributed by atoms with Gasteiger partial charge in [0.05, 0.1) is 5.56 Å². The van der Waals surface area contributed by atoms with Gasteiger partial charge in [-0.15, -0.1) is 0 Å². The van der Waals surface area contributed by atoms with Gasteiger partial charge < -0.3 is 9.64 Å². The van der Waals surface area contributed by atoms with E-state index in [1.807, 2.05) is 12.1 Å². The number of ether oxygens (including phenoxy) is 1. The first-order chi connectivity index (χ1) is 13.0. The summed E-state index contributed by atoms with van der Waals surface area (Å²) >= 11 is 0. The summed E-state index contributed by atoms with van der Waals surface area (Å²) in [5.74, 6) is -1.69. The molecule has 0 spiro atoms. The first-order valence-electron chi connectivity index (χ1n) is 8.71. The Balaban J connectivity index is 1.79. The second-order valence-corrected chi connectivity index (χ2v) is 5.66. The number of nitrogens with one attached hydrogen (secondary N) is 2. The van der Waals surface area contributed by atoms with Crippen molar-refractivity contribution in [2.24, 2.45) is 0 Å². The highest BCUT2D eigenvalue weighted by Gasteiger charge is 2.12. The van der Waals surface area contributed by atoms with E-state index in [0.29, 0.717) is 11.1 Å². The van der Waals surface area contributed by atoms with E-state index >= 15 is 0 Å². The van der Waals surface area contributed by atoms with Crippen molar-refractivity contribution in [1.29, 1.82) is 0 Å². The quantitative estimate of drug-likeness (QED) is 0.577. The van der Waals surface area contributed by atoms with E-state index in [4.69, 9.17) is 4.74 Å². The minimum atomic E-state index is -0.632. The van der Waals surface area contributed by atoms with Gasteiger partial charge in [0.2, 0.25) is 0 Å². The number of hydrogen-bond donors (Lipinski definition) is 2. The fourth-order valence-corrected chi connectivity index (χ4v) is 2.44. The van der Waals surface area contributed by atoms with Crippen molar-refractivity contribution in [3.05, 3.63) is 65.7 Å². The Morgan fingerprint density at radius 1 is 0.852 bits per heavy atom. The van der Waals surface area contributed by atoms with Crippen LogP contribution in [0.25, 0.3) is 0 Å². The van der Waals surface area contributed by atoms with Gasteiger partial charge in [-0.3, -0.25) is 20.4 Å². The topological polar surface area (TPSA) is 87.7 Å². The smallest absolute Gasteiger partial charge is 0.338 e. The number of benzene rings is 2. The third-order valence-corrected chi connectivity index (χ3v) is 3.92. The van der Waals surface area contributed by atoms with E-state index in [9.17, 15) is 14.4 Å². The van der Waals surface area contributed by atoms with Gasteiger partial charge in [0, 0.05) is 24.3 Å². The lowest BCUT2D eigenvalue weighted by atomic mass is 10.2. The van der Waals surface area contributed by atoms with Crippen LogP contribution in [0.1, 0.15) is 34.6 Å². The molecule has 0 saturated carbocycles. The molecule has 0 radical (unpaired) electrons. The number of amides is 2. The molecule has 2 N–H and O–H groups in total. The molecule has 0 aromatic heterocycles. The van der Waals surface area contributed by atoms with Gasteiger partial charge in [0.25, 0.3) is 11.8 Å². The normalized spacial score (nSPS) is 10.0. The molecule has 142 valence electrons. The van der Waals surface area contributed by atoms with Crippen molar-refractivity contribution < 1.29 is 19.1 Å². The van der Waals surface area contributed by atoms with Crippen LogP contribution in [0, 0.1) is 0 Å². The lowest BCUT2D eigenvalue weighted by Gasteiger charge is -2.20. The summed E-state index contributed by atoms with van der Waals surface area (Å²) in [7, 11) is 0. The van der Waals surface area contributed by atoms with E-state index < -0.39 is 24.4 Å². The van der Waals surface area contributed by atoms with Crippen LogP contribution in [-0.2, 0) is 9.53 Å². The van der Waals surface area contributed by atoms with Gasteiger partial charge in [-0.2, -0.15) is 0 Å². The van der Waals surface area contributed by atoms with Crippen molar-refractivity contribution >= 4 is 23.5 Å². The number of nitrogens with zero attached hydrogens (tertiary/aromatic N) is 1. The Labute approximate surface area is 158 Å². The zero-order valence-electron chi connectivity index (χ0n) is 15.4. The lowest BCUT2D eigenvalue weighted by Crippen LogP contribution is -2.43. The molecule has 2 amide bonds. The predicted molar refractivity (Wildman–Crippen MR) is 102 cm³/mol. The van der Waals surface area contributed by atoms with Crippen LogP contribution in [0.2, 0.25) is 0 Å². The molecule has 2 aromatic carbocycles. The summed E-state index contributed by atoms with van der Waals surface area (Å²) < 4.78 is 4.97. The second-order valence-electron chi connectivity index (χ2n) is 5.66. The van der Waals surface area contributed by atoms with Crippen LogP contribution in [-0.4, -0.2) is 37.5 Å². The minimum Gasteiger partial charge on any atom is -0.452 e. The molecule has 27 heavy (non-hydrogen) atoms. The van der Waals surface area contributed by atoms with Gasteiger partial charge in [-0.25, -0.2) is 4.79 Å². The third-order valence-electron chi connectivity index (χ3n) is 3.92. The van der Waals surface area contributed by atoms with E-state index in [1.54, 1.807) is 42.5 Å². The summed E-state index contributed by atoms with van der Waals surface area (Å²) in [5.41, 5.74) is 6.24. The molecular formula is C20H23N3O4. The number of hydrazine groups is 1. The maximum absolute atomic E-state index is 12.0. The SMILES string of the molecule is CCN(CC)c1ccc(C(=O)OCC(=O)NNC(=O)c2ccccc2)cc1. The van der Waals surface area contributed by atoms with Gasteiger partial charge in [-0.1, -0.05) is 18.2 Å². The molecule has 0 aliphatic rings. The fraction of sp³-hybridized carbons (Fsp3) is 0.250. The molecule has 0 aliphatic heterocycles. The number of carbonyl (C=O) groups is 3. The van der Waals surface area contributed by atoms with E-state index in [0.717, 1.165) is 18.8 Å². The Kier molecular flexibility index (Phi) is 7.37. The predicted octanol–water partition coefficient (Wildman–Crippen LogP) is 2.15. The van der Waals surface area contributed by atoms with Gasteiger partial charge >= 0.3 is 5.97 Å². The minimum absolute atomic E-state index is 0.354. The van der Waals surface area contributed by atoms with E-state index in [-0.39, 0.29) is 0 Å². The van der Waals surface area contributed by atoms with Crippen LogP contribution in [0.5, 0.6) is 0 Å². The highest BCUT2D eigenvalue weighted by molar-refractivity contribution is 5.96. The Morgan fingerprint density at radius 3 is 2.07 bits per heavy atom. The van der Waals surface area contributed by atoms with Gasteiger partial charge in [-0.05, 0) is 50.2 Å². The molecule has 0 aliphatic carbocycles. The largest absolute Gasteiger partial charge is 0.452 e. The van der Waals surface area contributed by atoms with Crippen molar-refractivity contribution in [2.75, 3.05) is 24.6 Å². The van der Waals surface area contributed by atoms with Crippen molar-refractivity contribution in [1.82, 2.24) is 10.9 Å². The highest BCUT2D eigenvalue weighted by Crippen LogP contribution is 2.15. The molecule has 0 bridgehead atoms.